The van der Waals surface area contributed by atoms with Gasteiger partial charge in [0, 0.05) is 6.20 Å². The predicted molar refractivity (Wildman–Crippen MR) is 80.5 cm³/mol. The number of H-pyrrole nitrogens is 1. The zero-order valence-electron chi connectivity index (χ0n) is 12.1. The summed E-state index contributed by atoms with van der Waals surface area (Å²) in [6.45, 7) is 4.56. The van der Waals surface area contributed by atoms with Crippen molar-refractivity contribution < 1.29 is 9.53 Å². The number of carbonyl (C=O) groups is 1. The van der Waals surface area contributed by atoms with E-state index in [1.165, 1.54) is 6.20 Å². The molecule has 0 unspecified atom stereocenters. The molecular formula is C15H18N4O2. The fraction of sp³-hybridized carbons (Fsp3) is 0.267. The lowest BCUT2D eigenvalue weighted by Gasteiger charge is -2.07. The lowest BCUT2D eigenvalue weighted by atomic mass is 10.1. The second-order valence-corrected chi connectivity index (χ2v) is 4.28. The van der Waals surface area contributed by atoms with Crippen molar-refractivity contribution >= 4 is 11.6 Å². The van der Waals surface area contributed by atoms with Gasteiger partial charge in [-0.05, 0) is 49.2 Å². The molecule has 0 aliphatic heterocycles. The molecule has 0 aliphatic rings. The number of aromatic amines is 1. The SMILES string of the molecule is CCOc1ccc(/C(CC)=N/NC(=O)c2ccn[nH]2)cc1. The second kappa shape index (κ2) is 7.23. The zero-order chi connectivity index (χ0) is 15.1. The lowest BCUT2D eigenvalue weighted by molar-refractivity contribution is 0.0950. The Bertz CT molecular complexity index is 603. The van der Waals surface area contributed by atoms with Gasteiger partial charge in [-0.1, -0.05) is 6.92 Å². The van der Waals surface area contributed by atoms with Crippen LogP contribution < -0.4 is 10.2 Å². The fourth-order valence-electron chi connectivity index (χ4n) is 1.82. The van der Waals surface area contributed by atoms with E-state index in [0.717, 1.165) is 17.0 Å². The summed E-state index contributed by atoms with van der Waals surface area (Å²) in [5, 5.41) is 10.5. The largest absolute Gasteiger partial charge is 0.494 e. The van der Waals surface area contributed by atoms with E-state index in [9.17, 15) is 4.79 Å². The van der Waals surface area contributed by atoms with Gasteiger partial charge in [-0.2, -0.15) is 10.2 Å². The summed E-state index contributed by atoms with van der Waals surface area (Å²) in [4.78, 5) is 11.8. The molecule has 0 bridgehead atoms. The van der Waals surface area contributed by atoms with Crippen LogP contribution in [0, 0.1) is 0 Å². The number of rotatable bonds is 6. The lowest BCUT2D eigenvalue weighted by Crippen LogP contribution is -2.20. The van der Waals surface area contributed by atoms with Crippen LogP contribution in [0.5, 0.6) is 5.75 Å². The molecule has 1 heterocycles. The molecule has 1 aromatic heterocycles. The number of nitrogens with one attached hydrogen (secondary N) is 2. The fourth-order valence-corrected chi connectivity index (χ4v) is 1.82. The first-order valence-corrected chi connectivity index (χ1v) is 6.84. The van der Waals surface area contributed by atoms with Crippen molar-refractivity contribution in [3.8, 4) is 5.75 Å². The van der Waals surface area contributed by atoms with E-state index in [1.807, 2.05) is 38.1 Å². The minimum atomic E-state index is -0.315. The van der Waals surface area contributed by atoms with Gasteiger partial charge in [-0.15, -0.1) is 0 Å². The molecule has 1 amide bonds. The molecule has 6 heteroatoms. The van der Waals surface area contributed by atoms with E-state index < -0.39 is 0 Å². The van der Waals surface area contributed by atoms with Crippen molar-refractivity contribution in [2.45, 2.75) is 20.3 Å². The number of benzene rings is 1. The number of nitrogens with zero attached hydrogens (tertiary/aromatic N) is 2. The molecule has 0 saturated carbocycles. The molecule has 0 saturated heterocycles. The normalized spacial score (nSPS) is 11.2. The van der Waals surface area contributed by atoms with Crippen LogP contribution >= 0.6 is 0 Å². The first-order valence-electron chi connectivity index (χ1n) is 6.84. The van der Waals surface area contributed by atoms with Gasteiger partial charge >= 0.3 is 0 Å². The van der Waals surface area contributed by atoms with Crippen molar-refractivity contribution in [1.29, 1.82) is 0 Å². The van der Waals surface area contributed by atoms with Crippen molar-refractivity contribution in [3.05, 3.63) is 47.8 Å². The van der Waals surface area contributed by atoms with Crippen LogP contribution in [-0.2, 0) is 0 Å². The van der Waals surface area contributed by atoms with Gasteiger partial charge in [0.1, 0.15) is 11.4 Å². The summed E-state index contributed by atoms with van der Waals surface area (Å²) in [5.74, 6) is 0.502. The molecule has 0 radical (unpaired) electrons. The van der Waals surface area contributed by atoms with Gasteiger partial charge in [-0.3, -0.25) is 9.89 Å². The van der Waals surface area contributed by atoms with Crippen LogP contribution in [0.25, 0.3) is 0 Å². The number of hydrazone groups is 1. The summed E-state index contributed by atoms with van der Waals surface area (Å²) in [6, 6.07) is 9.22. The van der Waals surface area contributed by atoms with Crippen molar-refractivity contribution in [3.63, 3.8) is 0 Å². The zero-order valence-corrected chi connectivity index (χ0v) is 12.1. The van der Waals surface area contributed by atoms with Gasteiger partial charge in [0.25, 0.3) is 5.91 Å². The molecule has 0 fully saturated rings. The van der Waals surface area contributed by atoms with Crippen molar-refractivity contribution in [1.82, 2.24) is 15.6 Å². The quantitative estimate of drug-likeness (QED) is 0.632. The molecule has 2 rings (SSSR count). The van der Waals surface area contributed by atoms with Gasteiger partial charge in [-0.25, -0.2) is 5.43 Å². The molecule has 0 aliphatic carbocycles. The number of carbonyl (C=O) groups excluding carboxylic acids is 1. The average molecular weight is 286 g/mol. The third kappa shape index (κ3) is 3.92. The molecule has 2 aromatic rings. The number of aromatic nitrogens is 2. The van der Waals surface area contributed by atoms with Crippen LogP contribution in [0.3, 0.4) is 0 Å². The monoisotopic (exact) mass is 286 g/mol. The van der Waals surface area contributed by atoms with Crippen molar-refractivity contribution in [2.24, 2.45) is 5.10 Å². The molecule has 0 atom stereocenters. The Hall–Kier alpha value is -2.63. The number of ether oxygens (including phenoxy) is 1. The van der Waals surface area contributed by atoms with Gasteiger partial charge in [0.05, 0.1) is 12.3 Å². The van der Waals surface area contributed by atoms with E-state index in [4.69, 9.17) is 4.74 Å². The highest BCUT2D eigenvalue weighted by Gasteiger charge is 2.07. The maximum absolute atomic E-state index is 11.8. The predicted octanol–water partition coefficient (Wildman–Crippen LogP) is 2.35. The highest BCUT2D eigenvalue weighted by atomic mass is 16.5. The minimum Gasteiger partial charge on any atom is -0.494 e. The molecule has 2 N–H and O–H groups in total. The van der Waals surface area contributed by atoms with Crippen molar-refractivity contribution in [2.75, 3.05) is 6.61 Å². The number of amides is 1. The maximum Gasteiger partial charge on any atom is 0.289 e. The van der Waals surface area contributed by atoms with Crippen LogP contribution in [-0.4, -0.2) is 28.4 Å². The topological polar surface area (TPSA) is 79.4 Å². The number of hydrogen-bond donors (Lipinski definition) is 2. The maximum atomic E-state index is 11.8. The highest BCUT2D eigenvalue weighted by molar-refractivity contribution is 6.01. The molecule has 0 spiro atoms. The molecule has 6 nitrogen and oxygen atoms in total. The summed E-state index contributed by atoms with van der Waals surface area (Å²) in [7, 11) is 0. The van der Waals surface area contributed by atoms with Gasteiger partial charge in [0.2, 0.25) is 0 Å². The van der Waals surface area contributed by atoms with E-state index in [0.29, 0.717) is 18.7 Å². The first-order chi connectivity index (χ1) is 10.2. The summed E-state index contributed by atoms with van der Waals surface area (Å²) < 4.78 is 5.40. The molecule has 1 aromatic carbocycles. The summed E-state index contributed by atoms with van der Waals surface area (Å²) in [6.07, 6.45) is 2.23. The van der Waals surface area contributed by atoms with Crippen LogP contribution in [0.2, 0.25) is 0 Å². The van der Waals surface area contributed by atoms with Gasteiger partial charge in [0.15, 0.2) is 0 Å². The molecule has 110 valence electrons. The smallest absolute Gasteiger partial charge is 0.289 e. The second-order valence-electron chi connectivity index (χ2n) is 4.28. The van der Waals surface area contributed by atoms with E-state index in [2.05, 4.69) is 20.7 Å². The standard InChI is InChI=1S/C15H18N4O2/c1-3-13(11-5-7-12(8-6-11)21-4-2)18-19-15(20)14-9-10-16-17-14/h5-10H,3-4H2,1-2H3,(H,16,17)(H,19,20)/b18-13+. The van der Waals surface area contributed by atoms with E-state index in [1.54, 1.807) is 6.07 Å². The van der Waals surface area contributed by atoms with E-state index >= 15 is 0 Å². The molecule has 21 heavy (non-hydrogen) atoms. The Kier molecular flexibility index (Phi) is 5.09. The van der Waals surface area contributed by atoms with Gasteiger partial charge < -0.3 is 4.74 Å². The Morgan fingerprint density at radius 3 is 2.62 bits per heavy atom. The van der Waals surface area contributed by atoms with E-state index in [-0.39, 0.29) is 5.91 Å². The van der Waals surface area contributed by atoms with Crippen LogP contribution in [0.1, 0.15) is 36.3 Å². The Morgan fingerprint density at radius 2 is 2.05 bits per heavy atom. The third-order valence-corrected chi connectivity index (χ3v) is 2.87. The highest BCUT2D eigenvalue weighted by Crippen LogP contribution is 2.13. The summed E-state index contributed by atoms with van der Waals surface area (Å²) >= 11 is 0. The molecular weight excluding hydrogens is 268 g/mol. The minimum absolute atomic E-state index is 0.315. The Labute approximate surface area is 123 Å². The van der Waals surface area contributed by atoms with Crippen LogP contribution in [0.4, 0.5) is 0 Å². The Morgan fingerprint density at radius 1 is 1.29 bits per heavy atom. The Balaban J connectivity index is 2.07. The third-order valence-electron chi connectivity index (χ3n) is 2.87. The first kappa shape index (κ1) is 14.8. The number of hydrogen-bond acceptors (Lipinski definition) is 4. The van der Waals surface area contributed by atoms with Crippen LogP contribution in [0.15, 0.2) is 41.6 Å². The average Bonchev–Trinajstić information content (AvgIpc) is 3.04. The summed E-state index contributed by atoms with van der Waals surface area (Å²) in [5.41, 5.74) is 4.64.